The Morgan fingerprint density at radius 1 is 1.50 bits per heavy atom. The molecule has 0 aliphatic carbocycles. The third kappa shape index (κ3) is 4.27. The van der Waals surface area contributed by atoms with Crippen LogP contribution in [0.5, 0.6) is 5.75 Å². The number of aliphatic carboxylic acids is 1. The minimum atomic E-state index is -0.895. The summed E-state index contributed by atoms with van der Waals surface area (Å²) in [7, 11) is 1.67. The average molecular weight is 227 g/mol. The van der Waals surface area contributed by atoms with Gasteiger partial charge >= 0.3 is 5.97 Å². The Kier molecular flexibility index (Phi) is 4.72. The van der Waals surface area contributed by atoms with E-state index in [2.05, 4.69) is 0 Å². The van der Waals surface area contributed by atoms with Crippen LogP contribution in [0.25, 0.3) is 0 Å². The molecule has 0 fully saturated rings. The van der Waals surface area contributed by atoms with E-state index >= 15 is 0 Å². The van der Waals surface area contributed by atoms with Crippen LogP contribution in [-0.2, 0) is 4.79 Å². The largest absolute Gasteiger partial charge is 0.489 e. The highest BCUT2D eigenvalue weighted by atomic mass is 19.1. The number of likely N-dealkylation sites (N-methyl/N-ethyl adjacent to an activating group) is 1. The van der Waals surface area contributed by atoms with E-state index in [-0.39, 0.29) is 18.9 Å². The Morgan fingerprint density at radius 2 is 2.19 bits per heavy atom. The number of hydrogen-bond donors (Lipinski definition) is 1. The maximum absolute atomic E-state index is 13.1. The molecule has 1 aromatic carbocycles. The van der Waals surface area contributed by atoms with Gasteiger partial charge < -0.3 is 9.84 Å². The van der Waals surface area contributed by atoms with E-state index in [1.54, 1.807) is 24.1 Å². The Hall–Kier alpha value is -1.62. The number of nitrogens with zero attached hydrogens (tertiary/aromatic N) is 1. The summed E-state index contributed by atoms with van der Waals surface area (Å²) < 4.78 is 18.3. The van der Waals surface area contributed by atoms with Gasteiger partial charge in [0.15, 0.2) is 11.6 Å². The predicted octanol–water partition coefficient (Wildman–Crippen LogP) is 1.22. The van der Waals surface area contributed by atoms with Crippen LogP contribution in [0.2, 0.25) is 0 Å². The summed E-state index contributed by atoms with van der Waals surface area (Å²) in [4.78, 5) is 11.9. The van der Waals surface area contributed by atoms with Gasteiger partial charge in [0.2, 0.25) is 0 Å². The normalized spacial score (nSPS) is 10.4. The maximum Gasteiger partial charge on any atom is 0.317 e. The molecule has 1 N–H and O–H groups in total. The number of carboxylic acid groups (broad SMARTS) is 1. The van der Waals surface area contributed by atoms with Gasteiger partial charge in [-0.1, -0.05) is 12.1 Å². The molecule has 0 saturated carbocycles. The first kappa shape index (κ1) is 12.4. The number of carbonyl (C=O) groups is 1. The van der Waals surface area contributed by atoms with Crippen molar-refractivity contribution in [2.24, 2.45) is 0 Å². The number of benzene rings is 1. The highest BCUT2D eigenvalue weighted by Gasteiger charge is 2.05. The molecule has 0 unspecified atom stereocenters. The minimum absolute atomic E-state index is 0.0549. The summed E-state index contributed by atoms with van der Waals surface area (Å²) in [5.74, 6) is -1.12. The lowest BCUT2D eigenvalue weighted by molar-refractivity contribution is -0.138. The molecule has 1 aromatic rings. The van der Waals surface area contributed by atoms with Gasteiger partial charge in [0, 0.05) is 6.54 Å². The molecule has 0 heterocycles. The van der Waals surface area contributed by atoms with Gasteiger partial charge in [-0.2, -0.15) is 0 Å². The van der Waals surface area contributed by atoms with Crippen molar-refractivity contribution in [2.75, 3.05) is 26.7 Å². The Labute approximate surface area is 93.3 Å². The summed E-state index contributed by atoms with van der Waals surface area (Å²) >= 11 is 0. The molecule has 0 spiro atoms. The fourth-order valence-corrected chi connectivity index (χ4v) is 1.18. The highest BCUT2D eigenvalue weighted by Crippen LogP contribution is 2.14. The van der Waals surface area contributed by atoms with Gasteiger partial charge in [-0.05, 0) is 19.2 Å². The first-order valence-corrected chi connectivity index (χ1v) is 4.87. The summed E-state index contributed by atoms with van der Waals surface area (Å²) in [6, 6.07) is 6.11. The van der Waals surface area contributed by atoms with Gasteiger partial charge in [0.25, 0.3) is 0 Å². The standard InChI is InChI=1S/C11H14FNO3/c1-13(8-11(14)15)6-7-16-10-5-3-2-4-9(10)12/h2-5H,6-8H2,1H3,(H,14,15). The molecular formula is C11H14FNO3. The lowest BCUT2D eigenvalue weighted by Crippen LogP contribution is -2.29. The molecule has 16 heavy (non-hydrogen) atoms. The first-order chi connectivity index (χ1) is 7.59. The van der Waals surface area contributed by atoms with Crippen molar-refractivity contribution in [3.63, 3.8) is 0 Å². The van der Waals surface area contributed by atoms with Crippen molar-refractivity contribution >= 4 is 5.97 Å². The van der Waals surface area contributed by atoms with E-state index in [4.69, 9.17) is 9.84 Å². The lowest BCUT2D eigenvalue weighted by atomic mass is 10.3. The molecule has 0 radical (unpaired) electrons. The second-order valence-corrected chi connectivity index (χ2v) is 3.41. The van der Waals surface area contributed by atoms with E-state index in [0.717, 1.165) is 0 Å². The molecule has 0 aliphatic heterocycles. The van der Waals surface area contributed by atoms with Crippen molar-refractivity contribution in [2.45, 2.75) is 0 Å². The summed E-state index contributed by atoms with van der Waals surface area (Å²) in [6.45, 7) is 0.631. The van der Waals surface area contributed by atoms with Crippen LogP contribution in [0, 0.1) is 5.82 Å². The molecule has 4 nitrogen and oxygen atoms in total. The molecule has 0 bridgehead atoms. The number of halogens is 1. The minimum Gasteiger partial charge on any atom is -0.489 e. The zero-order valence-corrected chi connectivity index (χ0v) is 9.02. The van der Waals surface area contributed by atoms with Gasteiger partial charge in [0.05, 0.1) is 6.54 Å². The van der Waals surface area contributed by atoms with E-state index in [0.29, 0.717) is 6.54 Å². The van der Waals surface area contributed by atoms with Crippen LogP contribution in [0.3, 0.4) is 0 Å². The summed E-state index contributed by atoms with van der Waals surface area (Å²) in [5.41, 5.74) is 0. The van der Waals surface area contributed by atoms with Crippen molar-refractivity contribution in [3.05, 3.63) is 30.1 Å². The number of hydrogen-bond acceptors (Lipinski definition) is 3. The molecule has 0 amide bonds. The second kappa shape index (κ2) is 6.07. The Morgan fingerprint density at radius 3 is 2.81 bits per heavy atom. The van der Waals surface area contributed by atoms with E-state index < -0.39 is 11.8 Å². The molecule has 0 aromatic heterocycles. The summed E-state index contributed by atoms with van der Waals surface area (Å²) in [6.07, 6.45) is 0. The van der Waals surface area contributed by atoms with Crippen molar-refractivity contribution in [1.29, 1.82) is 0 Å². The zero-order valence-electron chi connectivity index (χ0n) is 9.02. The highest BCUT2D eigenvalue weighted by molar-refractivity contribution is 5.68. The molecule has 5 heteroatoms. The molecular weight excluding hydrogens is 213 g/mol. The number of rotatable bonds is 6. The van der Waals surface area contributed by atoms with E-state index in [1.165, 1.54) is 12.1 Å². The van der Waals surface area contributed by atoms with Gasteiger partial charge in [-0.3, -0.25) is 9.69 Å². The zero-order chi connectivity index (χ0) is 12.0. The van der Waals surface area contributed by atoms with Crippen molar-refractivity contribution in [1.82, 2.24) is 4.90 Å². The lowest BCUT2D eigenvalue weighted by Gasteiger charge is -2.14. The fraction of sp³-hybridized carbons (Fsp3) is 0.364. The summed E-state index contributed by atoms with van der Waals surface area (Å²) in [5, 5.41) is 8.50. The predicted molar refractivity (Wildman–Crippen MR) is 57.0 cm³/mol. The van der Waals surface area contributed by atoms with Crippen LogP contribution in [0.1, 0.15) is 0 Å². The third-order valence-electron chi connectivity index (χ3n) is 1.97. The average Bonchev–Trinajstić information content (AvgIpc) is 2.19. The number of para-hydroxylation sites is 1. The molecule has 0 saturated heterocycles. The van der Waals surface area contributed by atoms with Gasteiger partial charge in [-0.15, -0.1) is 0 Å². The smallest absolute Gasteiger partial charge is 0.317 e. The van der Waals surface area contributed by atoms with Crippen LogP contribution >= 0.6 is 0 Å². The second-order valence-electron chi connectivity index (χ2n) is 3.41. The van der Waals surface area contributed by atoms with E-state index in [1.807, 2.05) is 0 Å². The number of carboxylic acids is 1. The van der Waals surface area contributed by atoms with Crippen LogP contribution in [0.15, 0.2) is 24.3 Å². The van der Waals surface area contributed by atoms with Gasteiger partial charge in [0.1, 0.15) is 6.61 Å². The van der Waals surface area contributed by atoms with Gasteiger partial charge in [-0.25, -0.2) is 4.39 Å². The van der Waals surface area contributed by atoms with Crippen molar-refractivity contribution in [3.8, 4) is 5.75 Å². The SMILES string of the molecule is CN(CCOc1ccccc1F)CC(=O)O. The quantitative estimate of drug-likeness (QED) is 0.794. The molecule has 1 rings (SSSR count). The third-order valence-corrected chi connectivity index (χ3v) is 1.97. The van der Waals surface area contributed by atoms with Crippen molar-refractivity contribution < 1.29 is 19.0 Å². The topological polar surface area (TPSA) is 49.8 Å². The Balaban J connectivity index is 2.30. The van der Waals surface area contributed by atoms with Crippen LogP contribution in [0.4, 0.5) is 4.39 Å². The van der Waals surface area contributed by atoms with E-state index in [9.17, 15) is 9.18 Å². The molecule has 0 aliphatic rings. The first-order valence-electron chi connectivity index (χ1n) is 4.87. The van der Waals surface area contributed by atoms with Crippen LogP contribution < -0.4 is 4.74 Å². The Bertz CT molecular complexity index is 357. The fourth-order valence-electron chi connectivity index (χ4n) is 1.18. The maximum atomic E-state index is 13.1. The molecule has 0 atom stereocenters. The van der Waals surface area contributed by atoms with Crippen LogP contribution in [-0.4, -0.2) is 42.7 Å². The molecule has 88 valence electrons. The number of ether oxygens (including phenoxy) is 1. The monoisotopic (exact) mass is 227 g/mol.